The van der Waals surface area contributed by atoms with E-state index in [0.717, 1.165) is 19.3 Å². The van der Waals surface area contributed by atoms with Gasteiger partial charge in [0.2, 0.25) is 0 Å². The number of halogens is 2. The number of hydrogen-bond donors (Lipinski definition) is 1. The zero-order valence-corrected chi connectivity index (χ0v) is 14.4. The standard InChI is InChI=1S/C18H21ClFN3O/c1-12-5-7-13(8-6-12)15-4-2-3-14(24-15)11-21-17-9-16(19)22-18(10-20)23-17/h5-9,14-15H,2-4,10-11H2,1H3,(H,21,22,23). The third-order valence-corrected chi connectivity index (χ3v) is 4.36. The van der Waals surface area contributed by atoms with Crippen LogP contribution in [0.5, 0.6) is 0 Å². The van der Waals surface area contributed by atoms with Gasteiger partial charge in [-0.1, -0.05) is 41.4 Å². The zero-order valence-electron chi connectivity index (χ0n) is 13.6. The highest BCUT2D eigenvalue weighted by Gasteiger charge is 2.23. The van der Waals surface area contributed by atoms with Crippen LogP contribution in [0.1, 0.15) is 42.3 Å². The highest BCUT2D eigenvalue weighted by molar-refractivity contribution is 6.29. The maximum absolute atomic E-state index is 12.7. The molecule has 0 aliphatic carbocycles. The van der Waals surface area contributed by atoms with E-state index in [-0.39, 0.29) is 23.2 Å². The summed E-state index contributed by atoms with van der Waals surface area (Å²) >= 11 is 5.88. The summed E-state index contributed by atoms with van der Waals surface area (Å²) in [5.41, 5.74) is 2.46. The Kier molecular flexibility index (Phi) is 5.63. The maximum atomic E-state index is 12.7. The summed E-state index contributed by atoms with van der Waals surface area (Å²) in [5, 5.41) is 3.42. The lowest BCUT2D eigenvalue weighted by Crippen LogP contribution is -2.29. The lowest BCUT2D eigenvalue weighted by Gasteiger charge is -2.30. The molecular weight excluding hydrogens is 329 g/mol. The molecule has 0 amide bonds. The third-order valence-electron chi connectivity index (χ3n) is 4.17. The molecule has 1 aromatic heterocycles. The van der Waals surface area contributed by atoms with E-state index < -0.39 is 6.67 Å². The first-order chi connectivity index (χ1) is 11.6. The molecule has 4 nitrogen and oxygen atoms in total. The second kappa shape index (κ2) is 7.90. The van der Waals surface area contributed by atoms with Crippen molar-refractivity contribution in [1.29, 1.82) is 0 Å². The number of aryl methyl sites for hydroxylation is 1. The molecule has 1 fully saturated rings. The van der Waals surface area contributed by atoms with E-state index in [1.165, 1.54) is 11.1 Å². The van der Waals surface area contributed by atoms with Gasteiger partial charge in [0, 0.05) is 12.6 Å². The predicted molar refractivity (Wildman–Crippen MR) is 93.0 cm³/mol. The third kappa shape index (κ3) is 4.42. The minimum atomic E-state index is -0.731. The Morgan fingerprint density at radius 2 is 2.04 bits per heavy atom. The molecule has 1 saturated heterocycles. The van der Waals surface area contributed by atoms with E-state index in [1.807, 2.05) is 0 Å². The summed E-state index contributed by atoms with van der Waals surface area (Å²) < 4.78 is 18.9. The molecule has 1 aliphatic heterocycles. The lowest BCUT2D eigenvalue weighted by molar-refractivity contribution is -0.0442. The Hall–Kier alpha value is -1.72. The molecule has 6 heteroatoms. The topological polar surface area (TPSA) is 47.0 Å². The van der Waals surface area contributed by atoms with Crippen LogP contribution in [0.25, 0.3) is 0 Å². The van der Waals surface area contributed by atoms with E-state index in [2.05, 4.69) is 46.5 Å². The van der Waals surface area contributed by atoms with Gasteiger partial charge in [-0.3, -0.25) is 0 Å². The Bertz CT molecular complexity index is 680. The first-order valence-electron chi connectivity index (χ1n) is 8.19. The van der Waals surface area contributed by atoms with Gasteiger partial charge in [0.25, 0.3) is 0 Å². The normalized spacial score (nSPS) is 20.8. The largest absolute Gasteiger partial charge is 0.368 e. The molecule has 0 radical (unpaired) electrons. The summed E-state index contributed by atoms with van der Waals surface area (Å²) in [5.74, 6) is 0.621. The number of hydrogen-bond acceptors (Lipinski definition) is 4. The molecule has 1 N–H and O–H groups in total. The van der Waals surface area contributed by atoms with Crippen LogP contribution in [0.3, 0.4) is 0 Å². The average Bonchev–Trinajstić information content (AvgIpc) is 2.60. The van der Waals surface area contributed by atoms with Crippen LogP contribution in [-0.2, 0) is 11.4 Å². The maximum Gasteiger partial charge on any atom is 0.163 e. The van der Waals surface area contributed by atoms with Crippen molar-refractivity contribution in [2.45, 2.75) is 45.1 Å². The summed E-state index contributed by atoms with van der Waals surface area (Å²) in [7, 11) is 0. The van der Waals surface area contributed by atoms with Crippen LogP contribution in [0.2, 0.25) is 5.15 Å². The lowest BCUT2D eigenvalue weighted by atomic mass is 9.97. The van der Waals surface area contributed by atoms with E-state index in [9.17, 15) is 4.39 Å². The van der Waals surface area contributed by atoms with Gasteiger partial charge in [0.15, 0.2) is 5.82 Å². The van der Waals surface area contributed by atoms with Gasteiger partial charge in [-0.2, -0.15) is 0 Å². The molecule has 3 rings (SSSR count). The van der Waals surface area contributed by atoms with Crippen LogP contribution >= 0.6 is 11.6 Å². The quantitative estimate of drug-likeness (QED) is 0.799. The second-order valence-corrected chi connectivity index (χ2v) is 6.48. The number of nitrogens with zero attached hydrogens (tertiary/aromatic N) is 2. The van der Waals surface area contributed by atoms with Gasteiger partial charge < -0.3 is 10.1 Å². The zero-order chi connectivity index (χ0) is 16.9. The fourth-order valence-electron chi connectivity index (χ4n) is 2.91. The minimum Gasteiger partial charge on any atom is -0.368 e. The SMILES string of the molecule is Cc1ccc(C2CCCC(CNc3cc(Cl)nc(CF)n3)O2)cc1. The second-order valence-electron chi connectivity index (χ2n) is 6.09. The molecule has 0 saturated carbocycles. The summed E-state index contributed by atoms with van der Waals surface area (Å²) in [6.45, 7) is 1.96. The Labute approximate surface area is 146 Å². The number of benzene rings is 1. The van der Waals surface area contributed by atoms with E-state index in [4.69, 9.17) is 16.3 Å². The molecule has 0 spiro atoms. The molecule has 2 aromatic rings. The number of alkyl halides is 1. The predicted octanol–water partition coefficient (Wildman–Crippen LogP) is 4.63. The molecule has 2 unspecified atom stereocenters. The molecule has 24 heavy (non-hydrogen) atoms. The van der Waals surface area contributed by atoms with Gasteiger partial charge in [-0.15, -0.1) is 0 Å². The number of nitrogens with one attached hydrogen (secondary N) is 1. The Balaban J connectivity index is 1.59. The molecule has 1 aromatic carbocycles. The number of anilines is 1. The smallest absolute Gasteiger partial charge is 0.163 e. The fraction of sp³-hybridized carbons (Fsp3) is 0.444. The van der Waals surface area contributed by atoms with Crippen LogP contribution < -0.4 is 5.32 Å². The van der Waals surface area contributed by atoms with Gasteiger partial charge >= 0.3 is 0 Å². The van der Waals surface area contributed by atoms with Gasteiger partial charge in [0.1, 0.15) is 17.6 Å². The highest BCUT2D eigenvalue weighted by atomic mass is 35.5. The van der Waals surface area contributed by atoms with Crippen molar-refractivity contribution >= 4 is 17.4 Å². The van der Waals surface area contributed by atoms with Crippen molar-refractivity contribution in [3.63, 3.8) is 0 Å². The Morgan fingerprint density at radius 3 is 2.79 bits per heavy atom. The average molecular weight is 350 g/mol. The molecule has 128 valence electrons. The van der Waals surface area contributed by atoms with Crippen molar-refractivity contribution in [2.75, 3.05) is 11.9 Å². The van der Waals surface area contributed by atoms with Gasteiger partial charge in [0.05, 0.1) is 12.2 Å². The van der Waals surface area contributed by atoms with Gasteiger partial charge in [-0.25, -0.2) is 14.4 Å². The van der Waals surface area contributed by atoms with Crippen molar-refractivity contribution < 1.29 is 9.13 Å². The van der Waals surface area contributed by atoms with Crippen LogP contribution in [-0.4, -0.2) is 22.6 Å². The molecule has 1 aliphatic rings. The van der Waals surface area contributed by atoms with E-state index in [1.54, 1.807) is 6.07 Å². The summed E-state index contributed by atoms with van der Waals surface area (Å²) in [4.78, 5) is 7.90. The van der Waals surface area contributed by atoms with Gasteiger partial charge in [-0.05, 0) is 31.7 Å². The van der Waals surface area contributed by atoms with E-state index >= 15 is 0 Å². The fourth-order valence-corrected chi connectivity index (χ4v) is 3.11. The first-order valence-corrected chi connectivity index (χ1v) is 8.57. The van der Waals surface area contributed by atoms with Crippen LogP contribution in [0, 0.1) is 6.92 Å². The van der Waals surface area contributed by atoms with Crippen LogP contribution in [0.4, 0.5) is 10.2 Å². The first kappa shape index (κ1) is 17.1. The van der Waals surface area contributed by atoms with Crippen LogP contribution in [0.15, 0.2) is 30.3 Å². The Morgan fingerprint density at radius 1 is 1.25 bits per heavy atom. The van der Waals surface area contributed by atoms with E-state index in [0.29, 0.717) is 12.4 Å². The van der Waals surface area contributed by atoms with Crippen molar-refractivity contribution in [3.8, 4) is 0 Å². The molecule has 2 heterocycles. The molecule has 2 atom stereocenters. The summed E-state index contributed by atoms with van der Waals surface area (Å²) in [6.07, 6.45) is 3.36. The minimum absolute atomic E-state index is 0.0899. The molecular formula is C18H21ClFN3O. The number of aromatic nitrogens is 2. The molecule has 0 bridgehead atoms. The van der Waals surface area contributed by atoms with Crippen molar-refractivity contribution in [3.05, 3.63) is 52.4 Å². The summed E-state index contributed by atoms with van der Waals surface area (Å²) in [6, 6.07) is 10.1. The van der Waals surface area contributed by atoms with Crippen molar-refractivity contribution in [2.24, 2.45) is 0 Å². The number of ether oxygens (including phenoxy) is 1. The van der Waals surface area contributed by atoms with Crippen molar-refractivity contribution in [1.82, 2.24) is 9.97 Å². The number of rotatable bonds is 5. The monoisotopic (exact) mass is 349 g/mol. The highest BCUT2D eigenvalue weighted by Crippen LogP contribution is 2.31.